The van der Waals surface area contributed by atoms with E-state index in [1.165, 1.54) is 23.5 Å². The Bertz CT molecular complexity index is 1080. The van der Waals surface area contributed by atoms with Crippen molar-refractivity contribution in [2.24, 2.45) is 11.3 Å². The predicted molar refractivity (Wildman–Crippen MR) is 126 cm³/mol. The summed E-state index contributed by atoms with van der Waals surface area (Å²) in [5, 5.41) is 2.84. The fraction of sp³-hybridized carbons (Fsp3) is 0.417. The number of rotatable bonds is 5. The first-order chi connectivity index (χ1) is 15.0. The van der Waals surface area contributed by atoms with Crippen LogP contribution in [0.1, 0.15) is 33.6 Å². The van der Waals surface area contributed by atoms with E-state index in [1.807, 2.05) is 26.8 Å². The second-order valence-electron chi connectivity index (χ2n) is 9.17. The van der Waals surface area contributed by atoms with Crippen molar-refractivity contribution in [1.82, 2.24) is 4.90 Å². The van der Waals surface area contributed by atoms with Gasteiger partial charge in [0, 0.05) is 31.2 Å². The number of amides is 2. The molecule has 1 unspecified atom stereocenters. The molecule has 3 rings (SSSR count). The minimum atomic E-state index is -3.78. The quantitative estimate of drug-likeness (QED) is 0.741. The summed E-state index contributed by atoms with van der Waals surface area (Å²) >= 11 is 0. The second kappa shape index (κ2) is 9.32. The number of nitrogens with one attached hydrogen (secondary N) is 1. The highest BCUT2D eigenvalue weighted by Crippen LogP contribution is 2.26. The van der Waals surface area contributed by atoms with E-state index in [0.29, 0.717) is 30.9 Å². The number of carbonyl (C=O) groups excluding carboxylic acids is 2. The lowest BCUT2D eigenvalue weighted by molar-refractivity contribution is -0.142. The van der Waals surface area contributed by atoms with Gasteiger partial charge in [0.15, 0.2) is 0 Å². The van der Waals surface area contributed by atoms with Crippen molar-refractivity contribution in [3.63, 3.8) is 0 Å². The summed E-state index contributed by atoms with van der Waals surface area (Å²) in [7, 11) is -2.28. The fourth-order valence-electron chi connectivity index (χ4n) is 3.76. The van der Waals surface area contributed by atoms with Crippen molar-refractivity contribution in [3.8, 4) is 0 Å². The first-order valence-electron chi connectivity index (χ1n) is 10.7. The molecule has 1 atom stereocenters. The molecule has 2 aromatic rings. The highest BCUT2D eigenvalue weighted by molar-refractivity contribution is 7.92. The topological polar surface area (TPSA) is 86.8 Å². The molecule has 1 fully saturated rings. The van der Waals surface area contributed by atoms with Crippen molar-refractivity contribution in [2.75, 3.05) is 29.8 Å². The van der Waals surface area contributed by atoms with Crippen LogP contribution in [0.15, 0.2) is 59.5 Å². The van der Waals surface area contributed by atoms with Crippen LogP contribution in [-0.2, 0) is 19.6 Å². The van der Waals surface area contributed by atoms with E-state index < -0.39 is 15.4 Å². The first-order valence-corrected chi connectivity index (χ1v) is 12.2. The molecular weight excluding hydrogens is 426 g/mol. The highest BCUT2D eigenvalue weighted by Gasteiger charge is 2.33. The molecule has 0 spiro atoms. The Morgan fingerprint density at radius 1 is 1.06 bits per heavy atom. The molecule has 2 amide bonds. The molecule has 172 valence electrons. The van der Waals surface area contributed by atoms with Crippen molar-refractivity contribution in [1.29, 1.82) is 0 Å². The van der Waals surface area contributed by atoms with Crippen molar-refractivity contribution >= 4 is 33.2 Å². The van der Waals surface area contributed by atoms with Gasteiger partial charge in [-0.3, -0.25) is 13.9 Å². The molecule has 1 aliphatic heterocycles. The summed E-state index contributed by atoms with van der Waals surface area (Å²) in [5.74, 6) is -0.503. The standard InChI is InChI=1S/C24H31N3O4S/c1-24(2,3)23(29)27-15-9-10-18(17-27)22(28)25-19-11-8-14-21(16-19)32(30,31)26(4)20-12-6-5-7-13-20/h5-8,11-14,16,18H,9-10,15,17H2,1-4H3,(H,25,28). The highest BCUT2D eigenvalue weighted by atomic mass is 32.2. The summed E-state index contributed by atoms with van der Waals surface area (Å²) < 4.78 is 27.3. The third kappa shape index (κ3) is 5.30. The Balaban J connectivity index is 1.73. The minimum Gasteiger partial charge on any atom is -0.341 e. The molecule has 0 radical (unpaired) electrons. The van der Waals surface area contributed by atoms with E-state index >= 15 is 0 Å². The maximum Gasteiger partial charge on any atom is 0.264 e. The van der Waals surface area contributed by atoms with Crippen LogP contribution in [0, 0.1) is 11.3 Å². The average molecular weight is 458 g/mol. The third-order valence-electron chi connectivity index (χ3n) is 5.60. The third-order valence-corrected chi connectivity index (χ3v) is 7.38. The molecule has 1 heterocycles. The molecule has 0 aromatic heterocycles. The Morgan fingerprint density at radius 2 is 1.75 bits per heavy atom. The Hall–Kier alpha value is -2.87. The first kappa shape index (κ1) is 23.8. The van der Waals surface area contributed by atoms with Gasteiger partial charge in [-0.25, -0.2) is 8.42 Å². The maximum absolute atomic E-state index is 13.1. The summed E-state index contributed by atoms with van der Waals surface area (Å²) in [6, 6.07) is 15.1. The molecule has 1 saturated heterocycles. The lowest BCUT2D eigenvalue weighted by atomic mass is 9.91. The van der Waals surface area contributed by atoms with Crippen molar-refractivity contribution < 1.29 is 18.0 Å². The lowest BCUT2D eigenvalue weighted by Gasteiger charge is -2.35. The van der Waals surface area contributed by atoms with Gasteiger partial charge in [-0.15, -0.1) is 0 Å². The number of nitrogens with zero attached hydrogens (tertiary/aromatic N) is 2. The van der Waals surface area contributed by atoms with Crippen molar-refractivity contribution in [3.05, 3.63) is 54.6 Å². The van der Waals surface area contributed by atoms with Crippen LogP contribution < -0.4 is 9.62 Å². The molecule has 0 bridgehead atoms. The number of hydrogen-bond donors (Lipinski definition) is 1. The summed E-state index contributed by atoms with van der Waals surface area (Å²) in [4.78, 5) is 27.3. The zero-order chi connectivity index (χ0) is 23.5. The molecular formula is C24H31N3O4S. The zero-order valence-electron chi connectivity index (χ0n) is 19.0. The number of carbonyl (C=O) groups is 2. The van der Waals surface area contributed by atoms with Crippen LogP contribution in [0.4, 0.5) is 11.4 Å². The van der Waals surface area contributed by atoms with Crippen LogP contribution in [0.2, 0.25) is 0 Å². The van der Waals surface area contributed by atoms with Crippen LogP contribution in [-0.4, -0.2) is 45.3 Å². The summed E-state index contributed by atoms with van der Waals surface area (Å²) in [5.41, 5.74) is 0.468. The molecule has 1 aliphatic rings. The Kier molecular flexibility index (Phi) is 6.93. The van der Waals surface area contributed by atoms with Crippen LogP contribution in [0.5, 0.6) is 0 Å². The van der Waals surface area contributed by atoms with Gasteiger partial charge in [0.05, 0.1) is 16.5 Å². The van der Waals surface area contributed by atoms with Gasteiger partial charge in [-0.05, 0) is 43.2 Å². The van der Waals surface area contributed by atoms with Crippen LogP contribution >= 0.6 is 0 Å². The largest absolute Gasteiger partial charge is 0.341 e. The van der Waals surface area contributed by atoms with E-state index in [2.05, 4.69) is 5.32 Å². The molecule has 7 nitrogen and oxygen atoms in total. The van der Waals surface area contributed by atoms with E-state index in [-0.39, 0.29) is 22.6 Å². The van der Waals surface area contributed by atoms with Crippen molar-refractivity contribution in [2.45, 2.75) is 38.5 Å². The van der Waals surface area contributed by atoms with Gasteiger partial charge in [0.25, 0.3) is 10.0 Å². The van der Waals surface area contributed by atoms with E-state index in [1.54, 1.807) is 41.3 Å². The number of para-hydroxylation sites is 1. The van der Waals surface area contributed by atoms with Crippen LogP contribution in [0.3, 0.4) is 0 Å². The van der Waals surface area contributed by atoms with Crippen LogP contribution in [0.25, 0.3) is 0 Å². The van der Waals surface area contributed by atoms with Gasteiger partial charge in [0.1, 0.15) is 0 Å². The molecule has 1 N–H and O–H groups in total. The number of sulfonamides is 1. The van der Waals surface area contributed by atoms with Gasteiger partial charge < -0.3 is 10.2 Å². The van der Waals surface area contributed by atoms with Gasteiger partial charge in [-0.2, -0.15) is 0 Å². The smallest absolute Gasteiger partial charge is 0.264 e. The second-order valence-corrected chi connectivity index (χ2v) is 11.1. The van der Waals surface area contributed by atoms with Gasteiger partial charge in [-0.1, -0.05) is 45.0 Å². The zero-order valence-corrected chi connectivity index (χ0v) is 19.9. The SMILES string of the molecule is CN(c1ccccc1)S(=O)(=O)c1cccc(NC(=O)C2CCCN(C(=O)C(C)(C)C)C2)c1. The number of likely N-dealkylation sites (tertiary alicyclic amines) is 1. The number of anilines is 2. The molecule has 2 aromatic carbocycles. The Labute approximate surface area is 190 Å². The maximum atomic E-state index is 13.1. The van der Waals surface area contributed by atoms with Gasteiger partial charge in [0.2, 0.25) is 11.8 Å². The fourth-order valence-corrected chi connectivity index (χ4v) is 5.01. The molecule has 8 heteroatoms. The Morgan fingerprint density at radius 3 is 2.41 bits per heavy atom. The number of piperidine rings is 1. The summed E-state index contributed by atoms with van der Waals surface area (Å²) in [6.45, 7) is 6.64. The average Bonchev–Trinajstić information content (AvgIpc) is 2.78. The van der Waals surface area contributed by atoms with Gasteiger partial charge >= 0.3 is 0 Å². The normalized spacial score (nSPS) is 17.0. The van der Waals surface area contributed by atoms with E-state index in [4.69, 9.17) is 0 Å². The molecule has 0 aliphatic carbocycles. The molecule has 0 saturated carbocycles. The van der Waals surface area contributed by atoms with E-state index in [0.717, 1.165) is 6.42 Å². The number of hydrogen-bond acceptors (Lipinski definition) is 4. The number of benzene rings is 2. The predicted octanol–water partition coefficient (Wildman–Crippen LogP) is 3.73. The monoisotopic (exact) mass is 457 g/mol. The lowest BCUT2D eigenvalue weighted by Crippen LogP contribution is -2.47. The minimum absolute atomic E-state index is 0.0343. The summed E-state index contributed by atoms with van der Waals surface area (Å²) in [6.07, 6.45) is 1.45. The molecule has 32 heavy (non-hydrogen) atoms. The van der Waals surface area contributed by atoms with E-state index in [9.17, 15) is 18.0 Å².